The third kappa shape index (κ3) is 4.02. The highest BCUT2D eigenvalue weighted by atomic mass is 32.2. The molecule has 2 atom stereocenters. The van der Waals surface area contributed by atoms with Crippen LogP contribution < -0.4 is 4.74 Å². The van der Waals surface area contributed by atoms with E-state index in [0.717, 1.165) is 11.2 Å². The van der Waals surface area contributed by atoms with Crippen LogP contribution in [0.3, 0.4) is 0 Å². The predicted octanol–water partition coefficient (Wildman–Crippen LogP) is 0.623. The number of sulfone groups is 1. The maximum absolute atomic E-state index is 13.1. The molecule has 1 N–H and O–H groups in total. The molecule has 1 amide bonds. The summed E-state index contributed by atoms with van der Waals surface area (Å²) < 4.78 is 46.8. The van der Waals surface area contributed by atoms with Crippen molar-refractivity contribution in [1.82, 2.24) is 9.88 Å². The van der Waals surface area contributed by atoms with Crippen molar-refractivity contribution < 1.29 is 31.9 Å². The molecular formula is C16H17FN2O6S. The highest BCUT2D eigenvalue weighted by Crippen LogP contribution is 2.20. The van der Waals surface area contributed by atoms with Gasteiger partial charge in [-0.1, -0.05) is 6.07 Å². The van der Waals surface area contributed by atoms with Gasteiger partial charge in [-0.25, -0.2) is 17.8 Å². The van der Waals surface area contributed by atoms with E-state index < -0.39 is 33.7 Å². The number of oxazole rings is 1. The summed E-state index contributed by atoms with van der Waals surface area (Å²) in [7, 11) is -1.98. The number of aliphatic hydroxyl groups is 1. The second kappa shape index (κ2) is 7.04. The number of hydrogen-bond acceptors (Lipinski definition) is 7. The number of ether oxygens (including phenoxy) is 1. The van der Waals surface area contributed by atoms with E-state index in [1.54, 1.807) is 6.07 Å². The fraction of sp³-hybridized carbons (Fsp3) is 0.375. The fourth-order valence-electron chi connectivity index (χ4n) is 2.69. The van der Waals surface area contributed by atoms with E-state index in [0.29, 0.717) is 0 Å². The number of nitrogens with zero attached hydrogens (tertiary/aromatic N) is 2. The molecule has 140 valence electrons. The maximum Gasteiger partial charge on any atom is 0.275 e. The summed E-state index contributed by atoms with van der Waals surface area (Å²) in [5, 5.41) is 9.86. The molecule has 0 radical (unpaired) electrons. The number of aliphatic hydroxyl groups excluding tert-OH is 1. The smallest absolute Gasteiger partial charge is 0.275 e. The quantitative estimate of drug-likeness (QED) is 0.805. The zero-order valence-corrected chi connectivity index (χ0v) is 14.6. The Kier molecular flexibility index (Phi) is 4.97. The highest BCUT2D eigenvalue weighted by molar-refractivity contribution is 7.91. The minimum absolute atomic E-state index is 0.0400. The Morgan fingerprint density at radius 3 is 2.88 bits per heavy atom. The lowest BCUT2D eigenvalue weighted by Crippen LogP contribution is -2.44. The predicted molar refractivity (Wildman–Crippen MR) is 87.8 cm³/mol. The van der Waals surface area contributed by atoms with Gasteiger partial charge in [0, 0.05) is 13.1 Å². The molecule has 0 unspecified atom stereocenters. The van der Waals surface area contributed by atoms with Crippen molar-refractivity contribution in [2.45, 2.75) is 18.8 Å². The summed E-state index contributed by atoms with van der Waals surface area (Å²) in [6.07, 6.45) is -0.0181. The number of likely N-dealkylation sites (N-methyl/N-ethyl adjacent to an activating group) is 1. The monoisotopic (exact) mass is 384 g/mol. The van der Waals surface area contributed by atoms with Crippen molar-refractivity contribution in [3.05, 3.63) is 47.9 Å². The Balaban J connectivity index is 1.64. The van der Waals surface area contributed by atoms with Crippen molar-refractivity contribution in [3.8, 4) is 5.75 Å². The normalized spacial score (nSPS) is 21.5. The van der Waals surface area contributed by atoms with Gasteiger partial charge in [0.25, 0.3) is 5.91 Å². The molecule has 0 aliphatic carbocycles. The lowest BCUT2D eigenvalue weighted by Gasteiger charge is -2.24. The van der Waals surface area contributed by atoms with Crippen molar-refractivity contribution in [2.75, 3.05) is 18.6 Å². The van der Waals surface area contributed by atoms with E-state index in [-0.39, 0.29) is 35.4 Å². The zero-order chi connectivity index (χ0) is 18.9. The largest absolute Gasteiger partial charge is 0.484 e. The van der Waals surface area contributed by atoms with Gasteiger partial charge in [0.2, 0.25) is 5.89 Å². The van der Waals surface area contributed by atoms with Crippen LogP contribution in [0.15, 0.2) is 34.9 Å². The van der Waals surface area contributed by atoms with Crippen LogP contribution >= 0.6 is 0 Å². The molecule has 3 rings (SSSR count). The third-order valence-electron chi connectivity index (χ3n) is 4.04. The molecule has 2 heterocycles. The molecule has 1 aromatic heterocycles. The first-order valence-corrected chi connectivity index (χ1v) is 9.56. The summed E-state index contributed by atoms with van der Waals surface area (Å²) in [6, 6.07) is 4.70. The molecule has 0 spiro atoms. The summed E-state index contributed by atoms with van der Waals surface area (Å²) in [4.78, 5) is 17.6. The van der Waals surface area contributed by atoms with Gasteiger partial charge in [-0.3, -0.25) is 4.79 Å². The first-order chi connectivity index (χ1) is 12.2. The van der Waals surface area contributed by atoms with Crippen LogP contribution in [0.2, 0.25) is 0 Å². The minimum atomic E-state index is -3.38. The highest BCUT2D eigenvalue weighted by Gasteiger charge is 2.41. The van der Waals surface area contributed by atoms with Gasteiger partial charge in [-0.05, 0) is 12.1 Å². The van der Waals surface area contributed by atoms with Gasteiger partial charge in [-0.15, -0.1) is 0 Å². The first-order valence-electron chi connectivity index (χ1n) is 7.73. The number of halogens is 1. The van der Waals surface area contributed by atoms with E-state index in [2.05, 4.69) is 4.98 Å². The molecule has 8 nitrogen and oxygen atoms in total. The van der Waals surface area contributed by atoms with E-state index in [9.17, 15) is 22.7 Å². The van der Waals surface area contributed by atoms with Gasteiger partial charge in [0.1, 0.15) is 17.8 Å². The van der Waals surface area contributed by atoms with Gasteiger partial charge < -0.3 is 19.2 Å². The number of aromatic nitrogens is 1. The Bertz CT molecular complexity index is 913. The maximum atomic E-state index is 13.1. The second-order valence-corrected chi connectivity index (χ2v) is 8.15. The second-order valence-electron chi connectivity index (χ2n) is 6.00. The van der Waals surface area contributed by atoms with Crippen LogP contribution in [-0.4, -0.2) is 60.0 Å². The van der Waals surface area contributed by atoms with E-state index in [1.807, 2.05) is 0 Å². The Morgan fingerprint density at radius 1 is 1.46 bits per heavy atom. The van der Waals surface area contributed by atoms with E-state index in [1.165, 1.54) is 25.2 Å². The Labute approximate surface area is 149 Å². The zero-order valence-electron chi connectivity index (χ0n) is 13.8. The molecule has 1 fully saturated rings. The summed E-state index contributed by atoms with van der Waals surface area (Å²) >= 11 is 0. The standard InChI is InChI=1S/C16H17FN2O6S/c1-19(13-8-26(22,23)9-14(13)20)16(21)12-6-25-15(18-12)7-24-11-4-2-3-10(17)5-11/h2-6,13-14,20H,7-9H2,1H3/t13-,14-/m1/s1. The van der Waals surface area contributed by atoms with Crippen molar-refractivity contribution in [2.24, 2.45) is 0 Å². The molecule has 0 saturated carbocycles. The summed E-state index contributed by atoms with van der Waals surface area (Å²) in [5.74, 6) is -1.31. The van der Waals surface area contributed by atoms with Crippen molar-refractivity contribution in [1.29, 1.82) is 0 Å². The Morgan fingerprint density at radius 2 is 2.23 bits per heavy atom. The molecule has 1 aliphatic heterocycles. The molecular weight excluding hydrogens is 367 g/mol. The minimum Gasteiger partial charge on any atom is -0.484 e. The number of hydrogen-bond donors (Lipinski definition) is 1. The van der Waals surface area contributed by atoms with E-state index >= 15 is 0 Å². The number of carbonyl (C=O) groups excluding carboxylic acids is 1. The van der Waals surface area contributed by atoms with Crippen molar-refractivity contribution in [3.63, 3.8) is 0 Å². The van der Waals surface area contributed by atoms with Crippen LogP contribution in [0, 0.1) is 5.82 Å². The Hall–Kier alpha value is -2.46. The molecule has 2 aromatic rings. The number of carbonyl (C=O) groups is 1. The van der Waals surface area contributed by atoms with Gasteiger partial charge in [0.15, 0.2) is 22.1 Å². The van der Waals surface area contributed by atoms with Gasteiger partial charge in [0.05, 0.1) is 23.7 Å². The topological polar surface area (TPSA) is 110 Å². The number of rotatable bonds is 5. The van der Waals surface area contributed by atoms with E-state index in [4.69, 9.17) is 9.15 Å². The van der Waals surface area contributed by atoms with Crippen LogP contribution in [0.1, 0.15) is 16.4 Å². The molecule has 1 saturated heterocycles. The summed E-state index contributed by atoms with van der Waals surface area (Å²) in [5.41, 5.74) is -0.0400. The van der Waals surface area contributed by atoms with Crippen LogP contribution in [0.25, 0.3) is 0 Å². The molecule has 1 aromatic carbocycles. The van der Waals surface area contributed by atoms with Gasteiger partial charge >= 0.3 is 0 Å². The van der Waals surface area contributed by atoms with Gasteiger partial charge in [-0.2, -0.15) is 0 Å². The molecule has 1 aliphatic rings. The molecule has 10 heteroatoms. The molecule has 26 heavy (non-hydrogen) atoms. The van der Waals surface area contributed by atoms with Crippen LogP contribution in [-0.2, 0) is 16.4 Å². The lowest BCUT2D eigenvalue weighted by atomic mass is 10.2. The number of benzene rings is 1. The van der Waals surface area contributed by atoms with Crippen LogP contribution in [0.5, 0.6) is 5.75 Å². The van der Waals surface area contributed by atoms with Crippen LogP contribution in [0.4, 0.5) is 4.39 Å². The molecule has 0 bridgehead atoms. The number of amides is 1. The lowest BCUT2D eigenvalue weighted by molar-refractivity contribution is 0.0575. The first kappa shape index (κ1) is 18.3. The summed E-state index contributed by atoms with van der Waals surface area (Å²) in [6.45, 7) is -0.110. The third-order valence-corrected chi connectivity index (χ3v) is 5.74. The average molecular weight is 384 g/mol. The average Bonchev–Trinajstić information content (AvgIpc) is 3.15. The van der Waals surface area contributed by atoms with Crippen molar-refractivity contribution >= 4 is 15.7 Å². The SMILES string of the molecule is CN(C(=O)c1coc(COc2cccc(F)c2)n1)[C@@H]1CS(=O)(=O)C[C@H]1O. The fourth-order valence-corrected chi connectivity index (χ4v) is 4.53.